The van der Waals surface area contributed by atoms with Crippen LogP contribution in [0.4, 0.5) is 0 Å². The fourth-order valence-corrected chi connectivity index (χ4v) is 4.44. The summed E-state index contributed by atoms with van der Waals surface area (Å²) in [4.78, 5) is 56.5. The molecule has 0 saturated carbocycles. The zero-order valence-corrected chi connectivity index (χ0v) is 31.1. The first kappa shape index (κ1) is 45.9. The predicted octanol–water partition coefficient (Wildman–Crippen LogP) is -1.14. The van der Waals surface area contributed by atoms with E-state index in [4.69, 9.17) is 9.47 Å². The summed E-state index contributed by atoms with van der Waals surface area (Å²) in [5.41, 5.74) is 0. The number of phosphoric acid groups is 1. The number of phosphoric ester groups is 1. The van der Waals surface area contributed by atoms with Crippen molar-refractivity contribution in [3.05, 3.63) is 0 Å². The first-order valence-electron chi connectivity index (χ1n) is 14.9. The van der Waals surface area contributed by atoms with Crippen molar-refractivity contribution >= 4 is 25.7 Å². The minimum absolute atomic E-state index is 0. The van der Waals surface area contributed by atoms with Crippen LogP contribution in [0.2, 0.25) is 0 Å². The molecule has 0 aromatic rings. The molecule has 1 N–H and O–H groups in total. The van der Waals surface area contributed by atoms with Gasteiger partial charge in [-0.2, -0.15) is 0 Å². The molecule has 0 bridgehead atoms. The van der Waals surface area contributed by atoms with Crippen LogP contribution in [0.25, 0.3) is 0 Å². The zero-order valence-electron chi connectivity index (χ0n) is 26.3. The zero-order chi connectivity index (χ0) is 29.2. The first-order chi connectivity index (χ1) is 18.6. The van der Waals surface area contributed by atoms with Crippen LogP contribution in [0.15, 0.2) is 0 Å². The summed E-state index contributed by atoms with van der Waals surface area (Å²) in [7, 11) is -5.24. The molecule has 0 radical (unpaired) electrons. The number of amides is 1. The Kier molecular flexibility index (Phi) is 35.8. The van der Waals surface area contributed by atoms with Crippen LogP contribution in [0.5, 0.6) is 0 Å². The number of unbranched alkanes of at least 4 members (excludes halogenated alkanes) is 15. The Balaban J connectivity index is -0.00000722. The molecule has 0 unspecified atom stereocenters. The van der Waals surface area contributed by atoms with Crippen molar-refractivity contribution in [1.29, 1.82) is 0 Å². The Morgan fingerprint density at radius 3 is 1.59 bits per heavy atom. The summed E-state index contributed by atoms with van der Waals surface area (Å²) in [6.45, 7) is 3.39. The first-order valence-corrected chi connectivity index (χ1v) is 16.4. The standard InChI is InChI=1S/C28H54NO9P.2Na/c1-3-4-5-14-18-21-28(32)38-26(24-37-39(33,34)35)23-36-27(31)20-17-15-12-10-8-6-7-9-11-13-16-19-22-29-25(2)30;;/h26H,3-24H2,1-2H3,(H,29,30)(H2,33,34,35);;/q;2*+1/p-2/t26-;;/m0../s1. The molecule has 0 aromatic heterocycles. The van der Waals surface area contributed by atoms with Gasteiger partial charge in [0.2, 0.25) is 5.91 Å². The van der Waals surface area contributed by atoms with Gasteiger partial charge >= 0.3 is 71.1 Å². The third kappa shape index (κ3) is 36.6. The van der Waals surface area contributed by atoms with E-state index in [0.717, 1.165) is 64.3 Å². The molecule has 13 heteroatoms. The number of nitrogens with one attached hydrogen (secondary N) is 1. The fraction of sp³-hybridized carbons (Fsp3) is 0.893. The van der Waals surface area contributed by atoms with E-state index in [0.29, 0.717) is 12.8 Å². The van der Waals surface area contributed by atoms with Crippen LogP contribution in [0.1, 0.15) is 136 Å². The van der Waals surface area contributed by atoms with Gasteiger partial charge in [-0.15, -0.1) is 0 Å². The van der Waals surface area contributed by atoms with Crippen LogP contribution in [-0.2, 0) is 32.9 Å². The summed E-state index contributed by atoms with van der Waals surface area (Å²) in [5, 5.41) is 2.81. The van der Waals surface area contributed by atoms with Gasteiger partial charge in [-0.25, -0.2) is 0 Å². The molecule has 0 aliphatic heterocycles. The van der Waals surface area contributed by atoms with Crippen molar-refractivity contribution in [2.24, 2.45) is 0 Å². The van der Waals surface area contributed by atoms with E-state index in [1.807, 2.05) is 0 Å². The molecule has 0 aliphatic carbocycles. The molecule has 0 spiro atoms. The summed E-state index contributed by atoms with van der Waals surface area (Å²) in [5.74, 6) is -0.965. The van der Waals surface area contributed by atoms with Gasteiger partial charge in [-0.1, -0.05) is 96.8 Å². The molecule has 1 atom stereocenters. The molecule has 0 saturated heterocycles. The number of hydrogen-bond acceptors (Lipinski definition) is 9. The van der Waals surface area contributed by atoms with Crippen molar-refractivity contribution in [2.45, 2.75) is 142 Å². The van der Waals surface area contributed by atoms with Crippen LogP contribution < -0.4 is 74.2 Å². The van der Waals surface area contributed by atoms with Crippen molar-refractivity contribution in [1.82, 2.24) is 5.32 Å². The van der Waals surface area contributed by atoms with E-state index in [2.05, 4.69) is 16.8 Å². The van der Waals surface area contributed by atoms with E-state index in [-0.39, 0.29) is 84.5 Å². The third-order valence-electron chi connectivity index (χ3n) is 6.31. The Morgan fingerprint density at radius 2 is 1.12 bits per heavy atom. The molecule has 41 heavy (non-hydrogen) atoms. The van der Waals surface area contributed by atoms with Crippen LogP contribution in [0, 0.1) is 0 Å². The molecule has 1 amide bonds. The number of carbonyl (C=O) groups is 3. The van der Waals surface area contributed by atoms with Crippen molar-refractivity contribution in [3.8, 4) is 0 Å². The summed E-state index contributed by atoms with van der Waals surface area (Å²) in [6.07, 6.45) is 17.3. The Hall–Kier alpha value is 0.520. The molecule has 0 heterocycles. The maximum absolute atomic E-state index is 12.1. The SMILES string of the molecule is CCCCCCCC(=O)O[C@@H](COC(=O)CCCCCCCCCCCCCCNC(C)=O)COP(=O)([O-])[O-].[Na+].[Na+]. The molecule has 230 valence electrons. The smallest absolute Gasteiger partial charge is 0.790 e. The largest absolute Gasteiger partial charge is 1.00 e. The van der Waals surface area contributed by atoms with Crippen LogP contribution >= 0.6 is 7.82 Å². The monoisotopic (exact) mass is 623 g/mol. The number of ether oxygens (including phenoxy) is 2. The normalized spacial score (nSPS) is 11.6. The molecular weight excluding hydrogens is 571 g/mol. The average molecular weight is 624 g/mol. The topological polar surface area (TPSA) is 154 Å². The van der Waals surface area contributed by atoms with Gasteiger partial charge in [0.25, 0.3) is 0 Å². The summed E-state index contributed by atoms with van der Waals surface area (Å²) >= 11 is 0. The second-order valence-corrected chi connectivity index (χ2v) is 11.3. The minimum Gasteiger partial charge on any atom is -0.790 e. The van der Waals surface area contributed by atoms with E-state index >= 15 is 0 Å². The molecule has 0 aromatic carbocycles. The molecule has 10 nitrogen and oxygen atoms in total. The average Bonchev–Trinajstić information content (AvgIpc) is 2.87. The fourth-order valence-electron chi connectivity index (χ4n) is 4.09. The maximum atomic E-state index is 12.1. The van der Waals surface area contributed by atoms with Gasteiger partial charge in [0.05, 0.1) is 14.4 Å². The van der Waals surface area contributed by atoms with E-state index < -0.39 is 32.5 Å². The van der Waals surface area contributed by atoms with E-state index in [1.165, 1.54) is 38.5 Å². The molecule has 0 aliphatic rings. The second kappa shape index (κ2) is 31.9. The van der Waals surface area contributed by atoms with E-state index in [9.17, 15) is 28.7 Å². The van der Waals surface area contributed by atoms with Gasteiger partial charge in [0, 0.05) is 26.3 Å². The Morgan fingerprint density at radius 1 is 0.683 bits per heavy atom. The number of carbonyl (C=O) groups excluding carboxylic acids is 3. The minimum atomic E-state index is -5.24. The quantitative estimate of drug-likeness (QED) is 0.0518. The Labute approximate surface area is 292 Å². The van der Waals surface area contributed by atoms with Gasteiger partial charge in [0.1, 0.15) is 6.61 Å². The Bertz CT molecular complexity index is 695. The number of hydrogen-bond donors (Lipinski definition) is 1. The van der Waals surface area contributed by atoms with Crippen molar-refractivity contribution < 1.29 is 102 Å². The number of rotatable bonds is 27. The van der Waals surface area contributed by atoms with Crippen LogP contribution in [-0.4, -0.2) is 43.7 Å². The predicted molar refractivity (Wildman–Crippen MR) is 146 cm³/mol. The van der Waals surface area contributed by atoms with E-state index in [1.54, 1.807) is 6.92 Å². The molecular formula is C28H52NNa2O9P. The summed E-state index contributed by atoms with van der Waals surface area (Å²) < 4.78 is 25.4. The molecule has 0 rings (SSSR count). The number of esters is 2. The molecule has 0 fully saturated rings. The van der Waals surface area contributed by atoms with Crippen molar-refractivity contribution in [3.63, 3.8) is 0 Å². The maximum Gasteiger partial charge on any atom is 1.00 e. The van der Waals surface area contributed by atoms with Crippen molar-refractivity contribution in [2.75, 3.05) is 19.8 Å². The van der Waals surface area contributed by atoms with Crippen LogP contribution in [0.3, 0.4) is 0 Å². The van der Waals surface area contributed by atoms with Gasteiger partial charge in [-0.3, -0.25) is 14.4 Å². The van der Waals surface area contributed by atoms with Gasteiger partial charge in [0.15, 0.2) is 6.10 Å². The second-order valence-electron chi connectivity index (χ2n) is 10.2. The van der Waals surface area contributed by atoms with Gasteiger partial charge in [-0.05, 0) is 19.3 Å². The van der Waals surface area contributed by atoms with Gasteiger partial charge < -0.3 is 33.7 Å². The summed E-state index contributed by atoms with van der Waals surface area (Å²) in [6, 6.07) is 0. The third-order valence-corrected chi connectivity index (χ3v) is 6.78.